The monoisotopic (exact) mass is 526 g/mol. The van der Waals surface area contributed by atoms with Gasteiger partial charge in [-0.3, -0.25) is 9.89 Å². The molecular formula is C19H32ClIN4OS. The Labute approximate surface area is 190 Å². The normalized spacial score (nSPS) is 15.3. The second-order valence-corrected chi connectivity index (χ2v) is 7.76. The minimum atomic E-state index is 0. The Hall–Kier alpha value is -0.220. The zero-order chi connectivity index (χ0) is 18.5. The van der Waals surface area contributed by atoms with E-state index in [9.17, 15) is 0 Å². The fourth-order valence-corrected chi connectivity index (χ4v) is 3.57. The summed E-state index contributed by atoms with van der Waals surface area (Å²) in [5.41, 5.74) is 0. The van der Waals surface area contributed by atoms with E-state index in [1.807, 2.05) is 23.9 Å². The molecule has 2 rings (SSSR count). The number of benzene rings is 1. The summed E-state index contributed by atoms with van der Waals surface area (Å²) in [5.74, 6) is 1.90. The van der Waals surface area contributed by atoms with Crippen molar-refractivity contribution in [2.24, 2.45) is 4.99 Å². The minimum absolute atomic E-state index is 0. The molecule has 0 spiro atoms. The summed E-state index contributed by atoms with van der Waals surface area (Å²) in [6.45, 7) is 9.76. The highest BCUT2D eigenvalue weighted by Crippen LogP contribution is 2.19. The Kier molecular flexibility index (Phi) is 14.4. The first-order valence-corrected chi connectivity index (χ1v) is 10.8. The van der Waals surface area contributed by atoms with Crippen LogP contribution in [0.4, 0.5) is 0 Å². The van der Waals surface area contributed by atoms with Gasteiger partial charge < -0.3 is 15.4 Å². The number of hydrogen-bond donors (Lipinski definition) is 2. The first-order chi connectivity index (χ1) is 12.8. The third-order valence-corrected chi connectivity index (χ3v) is 5.34. The summed E-state index contributed by atoms with van der Waals surface area (Å²) >= 11 is 7.73. The van der Waals surface area contributed by atoms with Crippen LogP contribution in [0.5, 0.6) is 0 Å². The summed E-state index contributed by atoms with van der Waals surface area (Å²) < 4.78 is 5.38. The van der Waals surface area contributed by atoms with Crippen molar-refractivity contribution in [2.45, 2.75) is 24.7 Å². The first-order valence-electron chi connectivity index (χ1n) is 9.48. The molecule has 0 bridgehead atoms. The molecule has 1 aromatic rings. The van der Waals surface area contributed by atoms with Gasteiger partial charge in [-0.05, 0) is 50.6 Å². The SMILES string of the molecule is CCNC(=NCCCCN1CCOCC1)NCCSc1ccc(Cl)cc1.I. The molecule has 0 radical (unpaired) electrons. The zero-order valence-corrected chi connectivity index (χ0v) is 20.0. The van der Waals surface area contributed by atoms with Crippen molar-refractivity contribution in [2.75, 3.05) is 58.2 Å². The van der Waals surface area contributed by atoms with Gasteiger partial charge in [-0.25, -0.2) is 0 Å². The van der Waals surface area contributed by atoms with Crippen molar-refractivity contribution in [1.29, 1.82) is 0 Å². The lowest BCUT2D eigenvalue weighted by molar-refractivity contribution is 0.0373. The molecule has 0 aliphatic carbocycles. The molecule has 0 unspecified atom stereocenters. The number of nitrogens with zero attached hydrogens (tertiary/aromatic N) is 2. The van der Waals surface area contributed by atoms with Crippen LogP contribution in [-0.4, -0.2) is 69.1 Å². The van der Waals surface area contributed by atoms with E-state index >= 15 is 0 Å². The highest BCUT2D eigenvalue weighted by atomic mass is 127. The number of guanidine groups is 1. The standard InChI is InChI=1S/C19H31ClN4OS.HI/c1-2-21-19(22-9-3-4-11-24-12-14-25-15-13-24)23-10-16-26-18-7-5-17(20)6-8-18;/h5-8H,2-4,9-16H2,1H3,(H2,21,22,23);1H. The fourth-order valence-electron chi connectivity index (χ4n) is 2.67. The second kappa shape index (κ2) is 15.7. The van der Waals surface area contributed by atoms with Crippen LogP contribution >= 0.6 is 47.3 Å². The topological polar surface area (TPSA) is 48.9 Å². The highest BCUT2D eigenvalue weighted by molar-refractivity contribution is 14.0. The number of aliphatic imine (C=N–C) groups is 1. The summed E-state index contributed by atoms with van der Waals surface area (Å²) in [7, 11) is 0. The van der Waals surface area contributed by atoms with Crippen molar-refractivity contribution in [3.05, 3.63) is 29.3 Å². The summed E-state index contributed by atoms with van der Waals surface area (Å²) in [6.07, 6.45) is 2.31. The molecule has 154 valence electrons. The average Bonchev–Trinajstić information content (AvgIpc) is 2.67. The van der Waals surface area contributed by atoms with Crippen LogP contribution in [-0.2, 0) is 4.74 Å². The van der Waals surface area contributed by atoms with Gasteiger partial charge in [0.15, 0.2) is 5.96 Å². The number of ether oxygens (including phenoxy) is 1. The van der Waals surface area contributed by atoms with E-state index in [2.05, 4.69) is 39.6 Å². The van der Waals surface area contributed by atoms with Gasteiger partial charge in [0.1, 0.15) is 0 Å². The molecule has 1 aromatic carbocycles. The molecule has 5 nitrogen and oxygen atoms in total. The van der Waals surface area contributed by atoms with Crippen LogP contribution in [0.3, 0.4) is 0 Å². The average molecular weight is 527 g/mol. The summed E-state index contributed by atoms with van der Waals surface area (Å²) in [4.78, 5) is 8.39. The van der Waals surface area contributed by atoms with Crippen LogP contribution in [0.2, 0.25) is 5.02 Å². The molecule has 1 aliphatic heterocycles. The summed E-state index contributed by atoms with van der Waals surface area (Å²) in [5, 5.41) is 7.50. The molecule has 8 heteroatoms. The van der Waals surface area contributed by atoms with Crippen molar-refractivity contribution < 1.29 is 4.74 Å². The van der Waals surface area contributed by atoms with Gasteiger partial charge in [-0.1, -0.05) is 11.6 Å². The number of hydrogen-bond acceptors (Lipinski definition) is 4. The van der Waals surface area contributed by atoms with Crippen LogP contribution in [0.1, 0.15) is 19.8 Å². The highest BCUT2D eigenvalue weighted by Gasteiger charge is 2.08. The van der Waals surface area contributed by atoms with E-state index in [0.29, 0.717) is 0 Å². The van der Waals surface area contributed by atoms with E-state index in [-0.39, 0.29) is 24.0 Å². The number of halogens is 2. The number of morpholine rings is 1. The fraction of sp³-hybridized carbons (Fsp3) is 0.632. The van der Waals surface area contributed by atoms with E-state index in [1.165, 1.54) is 11.3 Å². The Bertz CT molecular complexity index is 527. The van der Waals surface area contributed by atoms with Crippen LogP contribution < -0.4 is 10.6 Å². The molecule has 1 fully saturated rings. The van der Waals surface area contributed by atoms with Crippen molar-refractivity contribution in [3.8, 4) is 0 Å². The van der Waals surface area contributed by atoms with Crippen LogP contribution in [0, 0.1) is 0 Å². The molecule has 0 saturated carbocycles. The first kappa shape index (κ1) is 24.8. The van der Waals surface area contributed by atoms with Gasteiger partial charge in [-0.15, -0.1) is 35.7 Å². The minimum Gasteiger partial charge on any atom is -0.379 e. The molecule has 0 aromatic heterocycles. The molecule has 27 heavy (non-hydrogen) atoms. The van der Waals surface area contributed by atoms with Crippen LogP contribution in [0.15, 0.2) is 34.2 Å². The van der Waals surface area contributed by atoms with E-state index < -0.39 is 0 Å². The number of nitrogens with one attached hydrogen (secondary N) is 2. The largest absolute Gasteiger partial charge is 0.379 e. The van der Waals surface area contributed by atoms with Gasteiger partial charge >= 0.3 is 0 Å². The molecule has 2 N–H and O–H groups in total. The number of rotatable bonds is 10. The third kappa shape index (κ3) is 11.4. The second-order valence-electron chi connectivity index (χ2n) is 6.15. The lowest BCUT2D eigenvalue weighted by Crippen LogP contribution is -2.38. The number of unbranched alkanes of at least 4 members (excludes halogenated alkanes) is 1. The predicted molar refractivity (Wildman–Crippen MR) is 128 cm³/mol. The quantitative estimate of drug-likeness (QED) is 0.160. The maximum absolute atomic E-state index is 5.91. The maximum Gasteiger partial charge on any atom is 0.191 e. The Morgan fingerprint density at radius 2 is 1.93 bits per heavy atom. The molecule has 1 saturated heterocycles. The number of thioether (sulfide) groups is 1. The molecular weight excluding hydrogens is 495 g/mol. The van der Waals surface area contributed by atoms with Gasteiger partial charge in [0.2, 0.25) is 0 Å². The van der Waals surface area contributed by atoms with Crippen LogP contribution in [0.25, 0.3) is 0 Å². The smallest absolute Gasteiger partial charge is 0.191 e. The van der Waals surface area contributed by atoms with Gasteiger partial charge in [0.05, 0.1) is 13.2 Å². The molecule has 0 atom stereocenters. The van der Waals surface area contributed by atoms with E-state index in [1.54, 1.807) is 0 Å². The molecule has 1 aliphatic rings. The molecule has 1 heterocycles. The maximum atomic E-state index is 5.91. The Balaban J connectivity index is 0.00000364. The summed E-state index contributed by atoms with van der Waals surface area (Å²) in [6, 6.07) is 7.97. The molecule has 0 amide bonds. The Morgan fingerprint density at radius 3 is 2.63 bits per heavy atom. The zero-order valence-electron chi connectivity index (χ0n) is 16.1. The van der Waals surface area contributed by atoms with Crippen molar-refractivity contribution >= 4 is 53.3 Å². The van der Waals surface area contributed by atoms with Gasteiger partial charge in [0.25, 0.3) is 0 Å². The predicted octanol–water partition coefficient (Wildman–Crippen LogP) is 3.72. The van der Waals surface area contributed by atoms with Gasteiger partial charge in [0, 0.05) is 48.4 Å². The Morgan fingerprint density at radius 1 is 1.19 bits per heavy atom. The third-order valence-electron chi connectivity index (χ3n) is 4.08. The van der Waals surface area contributed by atoms with Crippen molar-refractivity contribution in [1.82, 2.24) is 15.5 Å². The van der Waals surface area contributed by atoms with Gasteiger partial charge in [-0.2, -0.15) is 0 Å². The van der Waals surface area contributed by atoms with Crippen molar-refractivity contribution in [3.63, 3.8) is 0 Å². The lowest BCUT2D eigenvalue weighted by Gasteiger charge is -2.26. The lowest BCUT2D eigenvalue weighted by atomic mass is 10.3. The van der Waals surface area contributed by atoms with E-state index in [4.69, 9.17) is 16.3 Å². The van der Waals surface area contributed by atoms with E-state index in [0.717, 1.165) is 75.6 Å².